The molecule has 1 heterocycles. The summed E-state index contributed by atoms with van der Waals surface area (Å²) in [5.41, 5.74) is 0.107. The van der Waals surface area contributed by atoms with Gasteiger partial charge in [0.25, 0.3) is 0 Å². The van der Waals surface area contributed by atoms with Crippen molar-refractivity contribution in [1.82, 2.24) is 0 Å². The topological polar surface area (TPSA) is 50.4 Å². The highest BCUT2D eigenvalue weighted by atomic mass is 19.1. The van der Waals surface area contributed by atoms with E-state index in [4.69, 9.17) is 4.42 Å². The maximum atomic E-state index is 13.7. The van der Waals surface area contributed by atoms with Crippen LogP contribution in [0.5, 0.6) is 5.75 Å². The standard InChI is InChI=1S/C14H9FO3/c1-7-2-3-8-9-4-5-11(16)12(15)13(9)18-14(17)10(8)6-7/h2-6,16H,1H3. The minimum atomic E-state index is -0.910. The number of aryl methyl sites for hydroxylation is 1. The maximum Gasteiger partial charge on any atom is 0.344 e. The molecule has 0 fully saturated rings. The van der Waals surface area contributed by atoms with E-state index in [0.717, 1.165) is 5.56 Å². The van der Waals surface area contributed by atoms with Gasteiger partial charge in [0.05, 0.1) is 5.39 Å². The zero-order valence-electron chi connectivity index (χ0n) is 9.53. The summed E-state index contributed by atoms with van der Waals surface area (Å²) in [6.45, 7) is 1.86. The van der Waals surface area contributed by atoms with Gasteiger partial charge >= 0.3 is 5.63 Å². The van der Waals surface area contributed by atoms with Crippen molar-refractivity contribution in [3.63, 3.8) is 0 Å². The fraction of sp³-hybridized carbons (Fsp3) is 0.0714. The van der Waals surface area contributed by atoms with Crippen molar-refractivity contribution in [3.8, 4) is 5.75 Å². The minimum absolute atomic E-state index is 0.212. The van der Waals surface area contributed by atoms with Crippen molar-refractivity contribution < 1.29 is 13.9 Å². The lowest BCUT2D eigenvalue weighted by molar-refractivity contribution is 0.426. The van der Waals surface area contributed by atoms with Crippen LogP contribution in [0.3, 0.4) is 0 Å². The Bertz CT molecular complexity index is 834. The van der Waals surface area contributed by atoms with E-state index in [1.54, 1.807) is 12.1 Å². The van der Waals surface area contributed by atoms with E-state index in [2.05, 4.69) is 0 Å². The smallest absolute Gasteiger partial charge is 0.344 e. The molecule has 3 rings (SSSR count). The quantitative estimate of drug-likeness (QED) is 0.488. The molecule has 0 atom stereocenters. The van der Waals surface area contributed by atoms with Gasteiger partial charge in [0, 0.05) is 10.8 Å². The molecule has 1 aromatic heterocycles. The molecule has 0 bridgehead atoms. The van der Waals surface area contributed by atoms with Crippen molar-refractivity contribution in [3.05, 3.63) is 52.1 Å². The van der Waals surface area contributed by atoms with E-state index in [9.17, 15) is 14.3 Å². The van der Waals surface area contributed by atoms with Crippen LogP contribution in [0.15, 0.2) is 39.5 Å². The predicted octanol–water partition coefficient (Wildman–Crippen LogP) is 3.10. The summed E-state index contributed by atoms with van der Waals surface area (Å²) in [6, 6.07) is 8.07. The number of phenols is 1. The van der Waals surface area contributed by atoms with Crippen molar-refractivity contribution in [2.24, 2.45) is 0 Å². The second-order valence-electron chi connectivity index (χ2n) is 4.21. The number of phenolic OH excluding ortho intramolecular Hbond substituents is 1. The van der Waals surface area contributed by atoms with Gasteiger partial charge in [0.2, 0.25) is 5.82 Å². The van der Waals surface area contributed by atoms with Crippen molar-refractivity contribution in [2.45, 2.75) is 6.92 Å². The molecule has 1 N–H and O–H groups in total. The molecule has 0 radical (unpaired) electrons. The predicted molar refractivity (Wildman–Crippen MR) is 66.3 cm³/mol. The molecular formula is C14H9FO3. The lowest BCUT2D eigenvalue weighted by Crippen LogP contribution is -2.01. The Balaban J connectivity index is 2.63. The lowest BCUT2D eigenvalue weighted by atomic mass is 10.1. The van der Waals surface area contributed by atoms with E-state index in [0.29, 0.717) is 16.2 Å². The van der Waals surface area contributed by atoms with Gasteiger partial charge in [-0.2, -0.15) is 4.39 Å². The van der Waals surface area contributed by atoms with Gasteiger partial charge in [-0.05, 0) is 25.1 Å². The third kappa shape index (κ3) is 1.39. The fourth-order valence-electron chi connectivity index (χ4n) is 2.07. The molecule has 2 aromatic carbocycles. The molecule has 18 heavy (non-hydrogen) atoms. The molecule has 0 unspecified atom stereocenters. The van der Waals surface area contributed by atoms with Crippen LogP contribution in [0.4, 0.5) is 4.39 Å². The van der Waals surface area contributed by atoms with E-state index in [1.165, 1.54) is 12.1 Å². The molecule has 0 amide bonds. The summed E-state index contributed by atoms with van der Waals surface area (Å²) < 4.78 is 18.7. The SMILES string of the molecule is Cc1ccc2c(c1)c(=O)oc1c(F)c(O)ccc12. The summed E-state index contributed by atoms with van der Waals surface area (Å²) in [7, 11) is 0. The van der Waals surface area contributed by atoms with Gasteiger partial charge in [-0.1, -0.05) is 17.7 Å². The molecule has 0 saturated carbocycles. The highest BCUT2D eigenvalue weighted by molar-refractivity contribution is 6.04. The first-order valence-electron chi connectivity index (χ1n) is 5.42. The Morgan fingerprint density at radius 1 is 1.11 bits per heavy atom. The van der Waals surface area contributed by atoms with Crippen molar-refractivity contribution in [1.29, 1.82) is 0 Å². The second-order valence-corrected chi connectivity index (χ2v) is 4.21. The number of hydrogen-bond donors (Lipinski definition) is 1. The number of hydrogen-bond acceptors (Lipinski definition) is 3. The maximum absolute atomic E-state index is 13.7. The van der Waals surface area contributed by atoms with Gasteiger partial charge in [0.15, 0.2) is 11.3 Å². The number of benzene rings is 2. The van der Waals surface area contributed by atoms with Crippen molar-refractivity contribution >= 4 is 21.7 Å². The lowest BCUT2D eigenvalue weighted by Gasteiger charge is -2.04. The largest absolute Gasteiger partial charge is 0.505 e. The molecule has 0 saturated heterocycles. The molecular weight excluding hydrogens is 235 g/mol. The molecule has 0 aliphatic carbocycles. The molecule has 3 aromatic rings. The van der Waals surface area contributed by atoms with Crippen LogP contribution in [0.2, 0.25) is 0 Å². The Morgan fingerprint density at radius 2 is 1.83 bits per heavy atom. The van der Waals surface area contributed by atoms with Gasteiger partial charge in [0.1, 0.15) is 0 Å². The summed E-state index contributed by atoms with van der Waals surface area (Å²) in [6.07, 6.45) is 0. The molecule has 0 aliphatic heterocycles. The van der Waals surface area contributed by atoms with E-state index in [1.807, 2.05) is 13.0 Å². The van der Waals surface area contributed by atoms with Gasteiger partial charge in [-0.3, -0.25) is 0 Å². The van der Waals surface area contributed by atoms with Crippen LogP contribution in [0.1, 0.15) is 5.56 Å². The monoisotopic (exact) mass is 244 g/mol. The highest BCUT2D eigenvalue weighted by Crippen LogP contribution is 2.29. The van der Waals surface area contributed by atoms with Gasteiger partial charge < -0.3 is 9.52 Å². The summed E-state index contributed by atoms with van der Waals surface area (Å²) in [5.74, 6) is -1.44. The third-order valence-corrected chi connectivity index (χ3v) is 2.96. The zero-order valence-corrected chi connectivity index (χ0v) is 9.53. The summed E-state index contributed by atoms with van der Waals surface area (Å²) in [5, 5.41) is 10.8. The van der Waals surface area contributed by atoms with Crippen LogP contribution in [0.25, 0.3) is 21.7 Å². The summed E-state index contributed by atoms with van der Waals surface area (Å²) >= 11 is 0. The average Bonchev–Trinajstić information content (AvgIpc) is 2.35. The first-order valence-corrected chi connectivity index (χ1v) is 5.42. The molecule has 0 aliphatic rings. The van der Waals surface area contributed by atoms with Crippen LogP contribution < -0.4 is 5.63 Å². The highest BCUT2D eigenvalue weighted by Gasteiger charge is 2.13. The molecule has 4 heteroatoms. The Kier molecular flexibility index (Phi) is 2.13. The van der Waals surface area contributed by atoms with E-state index in [-0.39, 0.29) is 5.58 Å². The Hall–Kier alpha value is -2.36. The van der Waals surface area contributed by atoms with Crippen LogP contribution in [-0.2, 0) is 0 Å². The number of rotatable bonds is 0. The average molecular weight is 244 g/mol. The Labute approximate surface area is 101 Å². The normalized spacial score (nSPS) is 11.2. The van der Waals surface area contributed by atoms with E-state index >= 15 is 0 Å². The number of halogens is 1. The van der Waals surface area contributed by atoms with Gasteiger partial charge in [-0.25, -0.2) is 4.79 Å². The van der Waals surface area contributed by atoms with Crippen LogP contribution in [-0.4, -0.2) is 5.11 Å². The zero-order chi connectivity index (χ0) is 12.9. The first-order chi connectivity index (χ1) is 8.58. The van der Waals surface area contributed by atoms with E-state index < -0.39 is 17.2 Å². The first kappa shape index (κ1) is 10.8. The van der Waals surface area contributed by atoms with Crippen molar-refractivity contribution in [2.75, 3.05) is 0 Å². The Morgan fingerprint density at radius 3 is 2.61 bits per heavy atom. The molecule has 3 nitrogen and oxygen atoms in total. The number of fused-ring (bicyclic) bond motifs is 3. The molecule has 90 valence electrons. The fourth-order valence-corrected chi connectivity index (χ4v) is 2.07. The third-order valence-electron chi connectivity index (χ3n) is 2.96. The minimum Gasteiger partial charge on any atom is -0.505 e. The van der Waals surface area contributed by atoms with Crippen LogP contribution >= 0.6 is 0 Å². The van der Waals surface area contributed by atoms with Gasteiger partial charge in [-0.15, -0.1) is 0 Å². The summed E-state index contributed by atoms with van der Waals surface area (Å²) in [4.78, 5) is 11.8. The second kappa shape index (κ2) is 3.57. The van der Waals surface area contributed by atoms with Crippen LogP contribution in [0, 0.1) is 12.7 Å². The number of aromatic hydroxyl groups is 1. The molecule has 0 spiro atoms.